The van der Waals surface area contributed by atoms with Crippen LogP contribution in [0.25, 0.3) is 0 Å². The van der Waals surface area contributed by atoms with Gasteiger partial charge in [-0.3, -0.25) is 9.78 Å². The number of nitrogens with one attached hydrogen (secondary N) is 3. The molecule has 0 saturated heterocycles. The van der Waals surface area contributed by atoms with Crippen LogP contribution in [0.3, 0.4) is 0 Å². The first kappa shape index (κ1) is 24.2. The quantitative estimate of drug-likeness (QED) is 0.471. The minimum absolute atomic E-state index is 0.0182. The van der Waals surface area contributed by atoms with Crippen molar-refractivity contribution in [2.24, 2.45) is 0 Å². The zero-order valence-corrected chi connectivity index (χ0v) is 17.4. The fraction of sp³-hybridized carbons (Fsp3) is 0.318. The van der Waals surface area contributed by atoms with E-state index in [0.29, 0.717) is 5.69 Å². The van der Waals surface area contributed by atoms with Gasteiger partial charge in [0.05, 0.1) is 43.0 Å². The fourth-order valence-corrected chi connectivity index (χ4v) is 3.14. The summed E-state index contributed by atoms with van der Waals surface area (Å²) >= 11 is 0. The van der Waals surface area contributed by atoms with E-state index in [9.17, 15) is 27.9 Å². The molecule has 2 heterocycles. The summed E-state index contributed by atoms with van der Waals surface area (Å²) in [5.41, 5.74) is 0.0549. The van der Waals surface area contributed by atoms with Gasteiger partial charge in [-0.2, -0.15) is 13.2 Å². The van der Waals surface area contributed by atoms with E-state index in [4.69, 9.17) is 4.74 Å². The predicted molar refractivity (Wildman–Crippen MR) is 113 cm³/mol. The van der Waals surface area contributed by atoms with Crippen LogP contribution in [0.4, 0.5) is 23.7 Å². The van der Waals surface area contributed by atoms with Gasteiger partial charge in [-0.1, -0.05) is 18.2 Å². The summed E-state index contributed by atoms with van der Waals surface area (Å²) in [7, 11) is 0. The third kappa shape index (κ3) is 7.29. The number of anilines is 1. The van der Waals surface area contributed by atoms with E-state index in [1.807, 2.05) is 6.07 Å². The van der Waals surface area contributed by atoms with Crippen LogP contribution in [0, 0.1) is 0 Å². The number of nitrogens with zero attached hydrogens (tertiary/aromatic N) is 1. The Hall–Kier alpha value is -3.44. The van der Waals surface area contributed by atoms with Crippen LogP contribution in [-0.2, 0) is 22.3 Å². The summed E-state index contributed by atoms with van der Waals surface area (Å²) < 4.78 is 43.6. The molecule has 3 atom stereocenters. The number of pyridine rings is 1. The lowest BCUT2D eigenvalue weighted by molar-refractivity contribution is -0.137. The molecule has 3 amide bonds. The number of aliphatic hydroxyl groups excluding tert-OH is 1. The molecule has 2 aromatic rings. The normalized spacial score (nSPS) is 20.2. The monoisotopic (exact) mass is 464 g/mol. The number of rotatable bonds is 7. The lowest BCUT2D eigenvalue weighted by atomic mass is 10.0. The Kier molecular flexibility index (Phi) is 8.01. The SMILES string of the molecule is O=C(C[C@@H]1C=C[C@@H](NC(=O)Nc2ccc(C(F)(F)F)cc2)[C@H](CO)O1)NCc1ccccn1. The van der Waals surface area contributed by atoms with Crippen LogP contribution in [0.2, 0.25) is 0 Å². The number of aromatic nitrogens is 1. The number of ether oxygens (including phenoxy) is 1. The smallest absolute Gasteiger partial charge is 0.394 e. The maximum Gasteiger partial charge on any atom is 0.416 e. The molecule has 0 bridgehead atoms. The van der Waals surface area contributed by atoms with Crippen molar-refractivity contribution in [3.63, 3.8) is 0 Å². The number of halogens is 3. The minimum Gasteiger partial charge on any atom is -0.394 e. The van der Waals surface area contributed by atoms with E-state index in [2.05, 4.69) is 20.9 Å². The molecular weight excluding hydrogens is 441 g/mol. The Bertz CT molecular complexity index is 968. The minimum atomic E-state index is -4.47. The van der Waals surface area contributed by atoms with Crippen molar-refractivity contribution >= 4 is 17.6 Å². The zero-order chi connectivity index (χ0) is 23.8. The van der Waals surface area contributed by atoms with Crippen molar-refractivity contribution in [2.75, 3.05) is 11.9 Å². The first-order chi connectivity index (χ1) is 15.7. The van der Waals surface area contributed by atoms with Crippen molar-refractivity contribution in [1.82, 2.24) is 15.6 Å². The Labute approximate surface area is 187 Å². The van der Waals surface area contributed by atoms with Gasteiger partial charge in [0.2, 0.25) is 5.91 Å². The number of alkyl halides is 3. The summed E-state index contributed by atoms with van der Waals surface area (Å²) in [5.74, 6) is -0.265. The van der Waals surface area contributed by atoms with Gasteiger partial charge in [-0.25, -0.2) is 4.79 Å². The topological polar surface area (TPSA) is 113 Å². The van der Waals surface area contributed by atoms with Crippen LogP contribution in [0.15, 0.2) is 60.8 Å². The second-order valence-corrected chi connectivity index (χ2v) is 7.28. The largest absolute Gasteiger partial charge is 0.416 e. The molecule has 0 spiro atoms. The standard InChI is InChI=1S/C22H23F3N4O4/c23-22(24,25)14-4-6-15(7-5-14)28-21(32)29-18-9-8-17(33-19(18)13-30)11-20(31)27-12-16-3-1-2-10-26-16/h1-10,17-19,30H,11-13H2,(H,27,31)(H2,28,29,32)/t17-,18+,19-/m0/s1. The molecule has 0 unspecified atom stereocenters. The number of amides is 3. The first-order valence-electron chi connectivity index (χ1n) is 10.1. The van der Waals surface area contributed by atoms with Gasteiger partial charge < -0.3 is 25.8 Å². The van der Waals surface area contributed by atoms with Crippen LogP contribution in [-0.4, -0.2) is 46.9 Å². The molecule has 0 fully saturated rings. The molecule has 1 aliphatic heterocycles. The van der Waals surface area contributed by atoms with Crippen LogP contribution < -0.4 is 16.0 Å². The highest BCUT2D eigenvalue weighted by Gasteiger charge is 2.31. The molecule has 3 rings (SSSR count). The maximum atomic E-state index is 12.6. The Morgan fingerprint density at radius 2 is 1.85 bits per heavy atom. The Balaban J connectivity index is 1.49. The van der Waals surface area contributed by atoms with Crippen molar-refractivity contribution in [3.8, 4) is 0 Å². The van der Waals surface area contributed by atoms with E-state index < -0.39 is 42.6 Å². The molecule has 176 valence electrons. The van der Waals surface area contributed by atoms with Crippen molar-refractivity contribution < 1.29 is 32.6 Å². The number of carbonyl (C=O) groups is 2. The second-order valence-electron chi connectivity index (χ2n) is 7.28. The Morgan fingerprint density at radius 1 is 1.09 bits per heavy atom. The van der Waals surface area contributed by atoms with E-state index in [1.54, 1.807) is 30.5 Å². The van der Waals surface area contributed by atoms with E-state index in [-0.39, 0.29) is 24.6 Å². The van der Waals surface area contributed by atoms with Crippen molar-refractivity contribution in [2.45, 2.75) is 37.4 Å². The summed E-state index contributed by atoms with van der Waals surface area (Å²) in [6, 6.07) is 7.99. The average Bonchev–Trinajstić information content (AvgIpc) is 2.79. The van der Waals surface area contributed by atoms with Crippen molar-refractivity contribution in [1.29, 1.82) is 0 Å². The molecular formula is C22H23F3N4O4. The molecule has 8 nitrogen and oxygen atoms in total. The number of hydrogen-bond donors (Lipinski definition) is 4. The van der Waals surface area contributed by atoms with Gasteiger partial charge in [0, 0.05) is 11.9 Å². The lowest BCUT2D eigenvalue weighted by Crippen LogP contribution is -2.50. The highest BCUT2D eigenvalue weighted by molar-refractivity contribution is 5.89. The highest BCUT2D eigenvalue weighted by Crippen LogP contribution is 2.29. The van der Waals surface area contributed by atoms with Crippen LogP contribution in [0.1, 0.15) is 17.7 Å². The van der Waals surface area contributed by atoms with Gasteiger partial charge in [-0.05, 0) is 36.4 Å². The molecule has 11 heteroatoms. The molecule has 1 aromatic heterocycles. The van der Waals surface area contributed by atoms with Gasteiger partial charge in [0.1, 0.15) is 6.10 Å². The predicted octanol–water partition coefficient (Wildman–Crippen LogP) is 2.61. The average molecular weight is 464 g/mol. The van der Waals surface area contributed by atoms with E-state index in [0.717, 1.165) is 24.3 Å². The highest BCUT2D eigenvalue weighted by atomic mass is 19.4. The number of carbonyl (C=O) groups excluding carboxylic acids is 2. The summed E-state index contributed by atoms with van der Waals surface area (Å²) in [5, 5.41) is 17.4. The molecule has 0 radical (unpaired) electrons. The second kappa shape index (κ2) is 10.9. The van der Waals surface area contributed by atoms with Crippen LogP contribution >= 0.6 is 0 Å². The molecule has 1 aromatic carbocycles. The third-order valence-electron chi connectivity index (χ3n) is 4.81. The summed E-state index contributed by atoms with van der Waals surface area (Å²) in [4.78, 5) is 28.5. The maximum absolute atomic E-state index is 12.6. The number of benzene rings is 1. The zero-order valence-electron chi connectivity index (χ0n) is 17.4. The lowest BCUT2D eigenvalue weighted by Gasteiger charge is -2.31. The fourth-order valence-electron chi connectivity index (χ4n) is 3.14. The third-order valence-corrected chi connectivity index (χ3v) is 4.81. The number of urea groups is 1. The van der Waals surface area contributed by atoms with Gasteiger partial charge in [0.15, 0.2) is 0 Å². The molecule has 33 heavy (non-hydrogen) atoms. The van der Waals surface area contributed by atoms with E-state index >= 15 is 0 Å². The molecule has 1 aliphatic rings. The van der Waals surface area contributed by atoms with Gasteiger partial charge >= 0.3 is 12.2 Å². The van der Waals surface area contributed by atoms with Crippen LogP contribution in [0.5, 0.6) is 0 Å². The van der Waals surface area contributed by atoms with Crippen molar-refractivity contribution in [3.05, 3.63) is 72.1 Å². The number of hydrogen-bond acceptors (Lipinski definition) is 5. The Morgan fingerprint density at radius 3 is 2.48 bits per heavy atom. The molecule has 0 saturated carbocycles. The molecule has 0 aliphatic carbocycles. The van der Waals surface area contributed by atoms with E-state index in [1.165, 1.54) is 0 Å². The summed E-state index contributed by atoms with van der Waals surface area (Å²) in [6.07, 6.45) is -1.01. The first-order valence-corrected chi connectivity index (χ1v) is 10.1. The van der Waals surface area contributed by atoms with Gasteiger partial charge in [0.25, 0.3) is 0 Å². The summed E-state index contributed by atoms with van der Waals surface area (Å²) in [6.45, 7) is -0.143. The van der Waals surface area contributed by atoms with Gasteiger partial charge in [-0.15, -0.1) is 0 Å². The molecule has 4 N–H and O–H groups in total. The number of aliphatic hydroxyl groups is 1.